The fourth-order valence-corrected chi connectivity index (χ4v) is 2.10. The molecule has 0 rings (SSSR count). The molecule has 1 unspecified atom stereocenters. The number of unbranched alkanes of at least 4 members (excludes halogenated alkanes) is 9. The van der Waals surface area contributed by atoms with Crippen molar-refractivity contribution in [2.45, 2.75) is 96.4 Å². The van der Waals surface area contributed by atoms with Crippen molar-refractivity contribution in [2.24, 2.45) is 0 Å². The van der Waals surface area contributed by atoms with Crippen LogP contribution in [0, 0.1) is 0 Å². The number of hydrogen-bond donors (Lipinski definition) is 3. The maximum atomic E-state index is 9.41. The van der Waals surface area contributed by atoms with Gasteiger partial charge in [0, 0.05) is 0 Å². The molecule has 1 atom stereocenters. The Labute approximate surface area is 112 Å². The van der Waals surface area contributed by atoms with Crippen LogP contribution in [-0.2, 0) is 0 Å². The van der Waals surface area contributed by atoms with Crippen LogP contribution < -0.4 is 0 Å². The maximum absolute atomic E-state index is 9.41. The topological polar surface area (TPSA) is 60.7 Å². The molecule has 0 saturated heterocycles. The highest BCUT2D eigenvalue weighted by Crippen LogP contribution is 2.15. The summed E-state index contributed by atoms with van der Waals surface area (Å²) in [5.41, 5.74) is 0. The fourth-order valence-electron chi connectivity index (χ4n) is 2.10. The van der Waals surface area contributed by atoms with Gasteiger partial charge >= 0.3 is 0 Å². The average Bonchev–Trinajstić information content (AvgIpc) is 2.30. The van der Waals surface area contributed by atoms with Gasteiger partial charge in [-0.25, -0.2) is 0 Å². The van der Waals surface area contributed by atoms with Crippen molar-refractivity contribution in [3.05, 3.63) is 0 Å². The van der Waals surface area contributed by atoms with E-state index in [2.05, 4.69) is 6.92 Å². The van der Waals surface area contributed by atoms with Gasteiger partial charge in [-0.05, 0) is 13.3 Å². The Morgan fingerprint density at radius 3 is 1.56 bits per heavy atom. The van der Waals surface area contributed by atoms with E-state index < -0.39 is 11.9 Å². The van der Waals surface area contributed by atoms with Crippen LogP contribution in [0.5, 0.6) is 0 Å². The summed E-state index contributed by atoms with van der Waals surface area (Å²) in [4.78, 5) is 0. The first kappa shape index (κ1) is 17.9. The smallest absolute Gasteiger partial charge is 0.186 e. The molecule has 0 saturated carbocycles. The van der Waals surface area contributed by atoms with Crippen LogP contribution in [0.2, 0.25) is 0 Å². The first-order chi connectivity index (χ1) is 8.48. The fraction of sp³-hybridized carbons (Fsp3) is 1.00. The SMILES string of the molecule is CCCCCCCCCCCCC(O)C(C)(O)O. The number of aliphatic hydroxyl groups excluding tert-OH is 1. The largest absolute Gasteiger partial charge is 0.388 e. The van der Waals surface area contributed by atoms with Crippen LogP contribution in [0.25, 0.3) is 0 Å². The quantitative estimate of drug-likeness (QED) is 0.372. The molecule has 0 aromatic carbocycles. The molecule has 3 heteroatoms. The van der Waals surface area contributed by atoms with Crippen LogP contribution in [0.3, 0.4) is 0 Å². The second-order valence-electron chi connectivity index (χ2n) is 5.58. The summed E-state index contributed by atoms with van der Waals surface area (Å²) in [6.45, 7) is 3.46. The Morgan fingerprint density at radius 1 is 0.778 bits per heavy atom. The average molecular weight is 260 g/mol. The van der Waals surface area contributed by atoms with E-state index in [0.717, 1.165) is 12.8 Å². The van der Waals surface area contributed by atoms with Crippen LogP contribution in [-0.4, -0.2) is 27.2 Å². The predicted octanol–water partition coefficient (Wildman–Crippen LogP) is 3.36. The molecule has 0 spiro atoms. The molecule has 3 N–H and O–H groups in total. The van der Waals surface area contributed by atoms with Crippen molar-refractivity contribution in [2.75, 3.05) is 0 Å². The van der Waals surface area contributed by atoms with Crippen molar-refractivity contribution < 1.29 is 15.3 Å². The summed E-state index contributed by atoms with van der Waals surface area (Å²) in [6.07, 6.45) is 11.9. The molecule has 0 fully saturated rings. The highest BCUT2D eigenvalue weighted by Gasteiger charge is 2.25. The normalized spacial score (nSPS) is 13.8. The predicted molar refractivity (Wildman–Crippen MR) is 75.3 cm³/mol. The molecule has 0 aromatic heterocycles. The Morgan fingerprint density at radius 2 is 1.17 bits per heavy atom. The van der Waals surface area contributed by atoms with Crippen molar-refractivity contribution in [3.63, 3.8) is 0 Å². The van der Waals surface area contributed by atoms with Gasteiger partial charge in [-0.1, -0.05) is 71.1 Å². The number of aliphatic hydroxyl groups is 3. The second kappa shape index (κ2) is 10.8. The highest BCUT2D eigenvalue weighted by molar-refractivity contribution is 4.69. The van der Waals surface area contributed by atoms with Gasteiger partial charge in [-0.2, -0.15) is 0 Å². The van der Waals surface area contributed by atoms with E-state index in [4.69, 9.17) is 10.2 Å². The van der Waals surface area contributed by atoms with E-state index in [1.807, 2.05) is 0 Å². The van der Waals surface area contributed by atoms with Gasteiger partial charge < -0.3 is 15.3 Å². The van der Waals surface area contributed by atoms with E-state index in [0.29, 0.717) is 6.42 Å². The van der Waals surface area contributed by atoms with Crippen molar-refractivity contribution in [1.82, 2.24) is 0 Å². The van der Waals surface area contributed by atoms with E-state index in [1.165, 1.54) is 58.3 Å². The lowest BCUT2D eigenvalue weighted by molar-refractivity contribution is -0.212. The molecule has 0 amide bonds. The molecule has 0 aliphatic heterocycles. The van der Waals surface area contributed by atoms with Gasteiger partial charge in [-0.15, -0.1) is 0 Å². The molecular weight excluding hydrogens is 228 g/mol. The maximum Gasteiger partial charge on any atom is 0.186 e. The van der Waals surface area contributed by atoms with Crippen LogP contribution >= 0.6 is 0 Å². The zero-order chi connectivity index (χ0) is 13.9. The molecule has 3 nitrogen and oxygen atoms in total. The molecule has 0 heterocycles. The molecular formula is C15H32O3. The minimum atomic E-state index is -1.95. The second-order valence-corrected chi connectivity index (χ2v) is 5.58. The monoisotopic (exact) mass is 260 g/mol. The third-order valence-electron chi connectivity index (χ3n) is 3.46. The molecule has 0 aromatic rings. The summed E-state index contributed by atoms with van der Waals surface area (Å²) >= 11 is 0. The van der Waals surface area contributed by atoms with Crippen LogP contribution in [0.4, 0.5) is 0 Å². The van der Waals surface area contributed by atoms with E-state index in [-0.39, 0.29) is 0 Å². The summed E-state index contributed by atoms with van der Waals surface area (Å²) in [5.74, 6) is -1.95. The molecule has 18 heavy (non-hydrogen) atoms. The zero-order valence-corrected chi connectivity index (χ0v) is 12.2. The zero-order valence-electron chi connectivity index (χ0n) is 12.2. The molecule has 0 aliphatic carbocycles. The van der Waals surface area contributed by atoms with Gasteiger partial charge in [0.05, 0.1) is 0 Å². The summed E-state index contributed by atoms with van der Waals surface area (Å²) < 4.78 is 0. The lowest BCUT2D eigenvalue weighted by atomic mass is 10.0. The minimum absolute atomic E-state index is 0.472. The van der Waals surface area contributed by atoms with E-state index in [9.17, 15) is 5.11 Å². The first-order valence-electron chi connectivity index (χ1n) is 7.61. The van der Waals surface area contributed by atoms with Crippen molar-refractivity contribution in [1.29, 1.82) is 0 Å². The number of hydrogen-bond acceptors (Lipinski definition) is 3. The summed E-state index contributed by atoms with van der Waals surface area (Å²) in [7, 11) is 0. The van der Waals surface area contributed by atoms with E-state index >= 15 is 0 Å². The Kier molecular flexibility index (Phi) is 10.7. The first-order valence-corrected chi connectivity index (χ1v) is 7.61. The summed E-state index contributed by atoms with van der Waals surface area (Å²) in [6, 6.07) is 0. The van der Waals surface area contributed by atoms with Crippen LogP contribution in [0.15, 0.2) is 0 Å². The van der Waals surface area contributed by atoms with E-state index in [1.54, 1.807) is 0 Å². The molecule has 0 bridgehead atoms. The molecule has 0 aliphatic rings. The number of rotatable bonds is 12. The summed E-state index contributed by atoms with van der Waals surface area (Å²) in [5, 5.41) is 27.7. The van der Waals surface area contributed by atoms with Crippen molar-refractivity contribution >= 4 is 0 Å². The third kappa shape index (κ3) is 11.0. The standard InChI is InChI=1S/C15H32O3/c1-3-4-5-6-7-8-9-10-11-12-13-14(16)15(2,17)18/h14,16-18H,3-13H2,1-2H3. The highest BCUT2D eigenvalue weighted by atomic mass is 16.5. The Bertz CT molecular complexity index is 175. The van der Waals surface area contributed by atoms with Crippen molar-refractivity contribution in [3.8, 4) is 0 Å². The minimum Gasteiger partial charge on any atom is -0.388 e. The van der Waals surface area contributed by atoms with Gasteiger partial charge in [0.25, 0.3) is 0 Å². The lowest BCUT2D eigenvalue weighted by Gasteiger charge is -2.22. The van der Waals surface area contributed by atoms with Gasteiger partial charge in [0.2, 0.25) is 0 Å². The molecule has 110 valence electrons. The van der Waals surface area contributed by atoms with Gasteiger partial charge in [0.1, 0.15) is 6.10 Å². The van der Waals surface area contributed by atoms with Crippen LogP contribution in [0.1, 0.15) is 84.5 Å². The Balaban J connectivity index is 3.17. The van der Waals surface area contributed by atoms with Gasteiger partial charge in [-0.3, -0.25) is 0 Å². The third-order valence-corrected chi connectivity index (χ3v) is 3.46. The Hall–Kier alpha value is -0.120. The molecule has 0 radical (unpaired) electrons. The lowest BCUT2D eigenvalue weighted by Crippen LogP contribution is -2.38. The van der Waals surface area contributed by atoms with Gasteiger partial charge in [0.15, 0.2) is 5.79 Å².